The van der Waals surface area contributed by atoms with Crippen molar-refractivity contribution in [3.8, 4) is 0 Å². The zero-order chi connectivity index (χ0) is 10.0. The zero-order valence-electron chi connectivity index (χ0n) is 7.92. The van der Waals surface area contributed by atoms with Gasteiger partial charge in [-0.25, -0.2) is 0 Å². The quantitative estimate of drug-likeness (QED) is 0.885. The van der Waals surface area contributed by atoms with Crippen molar-refractivity contribution in [3.05, 3.63) is 20.8 Å². The van der Waals surface area contributed by atoms with E-state index in [1.165, 1.54) is 15.1 Å². The minimum atomic E-state index is 0.0243. The van der Waals surface area contributed by atoms with E-state index >= 15 is 0 Å². The smallest absolute Gasteiger partial charge is 0.0701 e. The summed E-state index contributed by atoms with van der Waals surface area (Å²) in [6, 6.07) is 4.18. The third-order valence-corrected chi connectivity index (χ3v) is 4.50. The number of aliphatic hydroxyl groups is 1. The molecule has 1 aromatic heterocycles. The van der Waals surface area contributed by atoms with Crippen LogP contribution < -0.4 is 5.32 Å². The molecule has 0 amide bonds. The van der Waals surface area contributed by atoms with Gasteiger partial charge >= 0.3 is 0 Å². The molecule has 1 saturated carbocycles. The number of hydrogen-bond acceptors (Lipinski definition) is 3. The summed E-state index contributed by atoms with van der Waals surface area (Å²) < 4.78 is 1.17. The molecule has 0 unspecified atom stereocenters. The Hall–Kier alpha value is 0.1000. The van der Waals surface area contributed by atoms with E-state index in [2.05, 4.69) is 33.4 Å². The van der Waals surface area contributed by atoms with Crippen molar-refractivity contribution in [2.45, 2.75) is 31.3 Å². The summed E-state index contributed by atoms with van der Waals surface area (Å²) in [4.78, 5) is 1.32. The molecule has 1 aliphatic carbocycles. The Bertz CT molecular complexity index is 303. The molecule has 0 aromatic carbocycles. The molecule has 4 heteroatoms. The van der Waals surface area contributed by atoms with Crippen molar-refractivity contribution in [2.75, 3.05) is 6.61 Å². The highest BCUT2D eigenvalue weighted by Crippen LogP contribution is 2.32. The topological polar surface area (TPSA) is 32.3 Å². The molecule has 1 aliphatic rings. The standard InChI is InChI=1S/C10H14BrNOS/c11-9-3-2-8(14-9)6-12-10(7-13)4-1-5-10/h2-3,12-13H,1,4-7H2. The van der Waals surface area contributed by atoms with Crippen LogP contribution in [0.25, 0.3) is 0 Å². The van der Waals surface area contributed by atoms with Crippen LogP contribution in [0.15, 0.2) is 15.9 Å². The maximum atomic E-state index is 9.25. The van der Waals surface area contributed by atoms with Gasteiger partial charge in [0.15, 0.2) is 0 Å². The van der Waals surface area contributed by atoms with Crippen LogP contribution in [0.3, 0.4) is 0 Å². The molecule has 1 heterocycles. The van der Waals surface area contributed by atoms with E-state index in [9.17, 15) is 5.11 Å². The maximum Gasteiger partial charge on any atom is 0.0701 e. The molecule has 14 heavy (non-hydrogen) atoms. The van der Waals surface area contributed by atoms with Crippen LogP contribution in [-0.4, -0.2) is 17.3 Å². The fourth-order valence-corrected chi connectivity index (χ4v) is 3.14. The van der Waals surface area contributed by atoms with Crippen LogP contribution >= 0.6 is 27.3 Å². The van der Waals surface area contributed by atoms with E-state index in [0.717, 1.165) is 19.4 Å². The van der Waals surface area contributed by atoms with Crippen molar-refractivity contribution < 1.29 is 5.11 Å². The minimum Gasteiger partial charge on any atom is -0.394 e. The first kappa shape index (κ1) is 10.6. The molecule has 2 nitrogen and oxygen atoms in total. The van der Waals surface area contributed by atoms with Crippen molar-refractivity contribution in [2.24, 2.45) is 0 Å². The number of halogens is 1. The van der Waals surface area contributed by atoms with E-state index < -0.39 is 0 Å². The lowest BCUT2D eigenvalue weighted by molar-refractivity contribution is 0.0875. The molecule has 2 N–H and O–H groups in total. The first-order valence-corrected chi connectivity index (χ1v) is 6.45. The minimum absolute atomic E-state index is 0.0243. The summed E-state index contributed by atoms with van der Waals surface area (Å²) >= 11 is 5.19. The Balaban J connectivity index is 1.87. The van der Waals surface area contributed by atoms with E-state index in [0.29, 0.717) is 0 Å². The van der Waals surface area contributed by atoms with E-state index in [1.807, 2.05) is 0 Å². The van der Waals surface area contributed by atoms with Gasteiger partial charge in [-0.15, -0.1) is 11.3 Å². The van der Waals surface area contributed by atoms with Gasteiger partial charge in [0.05, 0.1) is 10.4 Å². The Morgan fingerprint density at radius 2 is 2.29 bits per heavy atom. The lowest BCUT2D eigenvalue weighted by atomic mass is 9.77. The molecule has 0 radical (unpaired) electrons. The van der Waals surface area contributed by atoms with Gasteiger partial charge in [0, 0.05) is 17.0 Å². The molecule has 0 atom stereocenters. The van der Waals surface area contributed by atoms with Crippen LogP contribution in [0, 0.1) is 0 Å². The van der Waals surface area contributed by atoms with Gasteiger partial charge in [-0.05, 0) is 47.3 Å². The molecule has 1 fully saturated rings. The van der Waals surface area contributed by atoms with Gasteiger partial charge in [0.2, 0.25) is 0 Å². The molecule has 78 valence electrons. The Labute approximate surface area is 96.5 Å². The monoisotopic (exact) mass is 275 g/mol. The molecule has 1 aromatic rings. The normalized spacial score (nSPS) is 19.3. The summed E-state index contributed by atoms with van der Waals surface area (Å²) in [6.07, 6.45) is 3.45. The zero-order valence-corrected chi connectivity index (χ0v) is 10.3. The highest BCUT2D eigenvalue weighted by atomic mass is 79.9. The second kappa shape index (κ2) is 4.31. The van der Waals surface area contributed by atoms with Gasteiger partial charge in [0.25, 0.3) is 0 Å². The Morgan fingerprint density at radius 3 is 2.71 bits per heavy atom. The highest BCUT2D eigenvalue weighted by molar-refractivity contribution is 9.11. The van der Waals surface area contributed by atoms with Gasteiger partial charge in [-0.3, -0.25) is 0 Å². The Kier molecular flexibility index (Phi) is 3.27. The maximum absolute atomic E-state index is 9.25. The molecule has 2 rings (SSSR count). The van der Waals surface area contributed by atoms with Crippen molar-refractivity contribution in [1.82, 2.24) is 5.32 Å². The van der Waals surface area contributed by atoms with Gasteiger partial charge < -0.3 is 10.4 Å². The second-order valence-electron chi connectivity index (χ2n) is 3.85. The van der Waals surface area contributed by atoms with Crippen LogP contribution in [0.4, 0.5) is 0 Å². The van der Waals surface area contributed by atoms with Crippen molar-refractivity contribution >= 4 is 27.3 Å². The first-order chi connectivity index (χ1) is 6.74. The van der Waals surface area contributed by atoms with E-state index in [4.69, 9.17) is 0 Å². The number of thiophene rings is 1. The van der Waals surface area contributed by atoms with Crippen LogP contribution in [0.2, 0.25) is 0 Å². The number of aliphatic hydroxyl groups excluding tert-OH is 1. The van der Waals surface area contributed by atoms with Crippen molar-refractivity contribution in [1.29, 1.82) is 0 Å². The van der Waals surface area contributed by atoms with Gasteiger partial charge in [-0.1, -0.05) is 0 Å². The fraction of sp³-hybridized carbons (Fsp3) is 0.600. The van der Waals surface area contributed by atoms with Crippen molar-refractivity contribution in [3.63, 3.8) is 0 Å². The van der Waals surface area contributed by atoms with Gasteiger partial charge in [-0.2, -0.15) is 0 Å². The lowest BCUT2D eigenvalue weighted by Crippen LogP contribution is -2.53. The van der Waals surface area contributed by atoms with E-state index in [1.54, 1.807) is 11.3 Å². The molecule has 0 spiro atoms. The average molecular weight is 276 g/mol. The summed E-state index contributed by atoms with van der Waals surface area (Å²) in [5.74, 6) is 0. The summed E-state index contributed by atoms with van der Waals surface area (Å²) in [6.45, 7) is 1.14. The Morgan fingerprint density at radius 1 is 1.50 bits per heavy atom. The van der Waals surface area contributed by atoms with Crippen LogP contribution in [0.1, 0.15) is 24.1 Å². The average Bonchev–Trinajstić information content (AvgIpc) is 2.50. The number of hydrogen-bond donors (Lipinski definition) is 2. The van der Waals surface area contributed by atoms with E-state index in [-0.39, 0.29) is 12.1 Å². The van der Waals surface area contributed by atoms with Crippen LogP contribution in [-0.2, 0) is 6.54 Å². The molecule has 0 saturated heterocycles. The lowest BCUT2D eigenvalue weighted by Gasteiger charge is -2.41. The summed E-state index contributed by atoms with van der Waals surface area (Å²) in [5, 5.41) is 12.7. The molecular formula is C10H14BrNOS. The molecule has 0 aliphatic heterocycles. The largest absolute Gasteiger partial charge is 0.394 e. The van der Waals surface area contributed by atoms with Crippen LogP contribution in [0.5, 0.6) is 0 Å². The predicted octanol–water partition coefficient (Wildman–Crippen LogP) is 2.52. The predicted molar refractivity (Wildman–Crippen MR) is 62.5 cm³/mol. The SMILES string of the molecule is OCC1(NCc2ccc(Br)s2)CCC1. The number of nitrogens with one attached hydrogen (secondary N) is 1. The molecular weight excluding hydrogens is 262 g/mol. The third kappa shape index (κ3) is 2.19. The molecule has 0 bridgehead atoms. The summed E-state index contributed by atoms with van der Waals surface area (Å²) in [7, 11) is 0. The fourth-order valence-electron chi connectivity index (χ4n) is 1.72. The number of rotatable bonds is 4. The third-order valence-electron chi connectivity index (χ3n) is 2.88. The highest BCUT2D eigenvalue weighted by Gasteiger charge is 2.35. The second-order valence-corrected chi connectivity index (χ2v) is 6.40. The van der Waals surface area contributed by atoms with Gasteiger partial charge in [0.1, 0.15) is 0 Å². The summed E-state index contributed by atoms with van der Waals surface area (Å²) in [5.41, 5.74) is 0.0243. The first-order valence-electron chi connectivity index (χ1n) is 4.84.